The molecule has 1 atom stereocenters. The van der Waals surface area contributed by atoms with Crippen molar-refractivity contribution in [3.63, 3.8) is 0 Å². The molecular weight excluding hydrogens is 540 g/mol. The number of fused-ring (bicyclic) bond motifs is 1. The van der Waals surface area contributed by atoms with E-state index in [1.807, 2.05) is 42.5 Å². The molecule has 2 heterocycles. The zero-order valence-corrected chi connectivity index (χ0v) is 23.8. The molecule has 1 unspecified atom stereocenters. The van der Waals surface area contributed by atoms with E-state index in [0.717, 1.165) is 27.6 Å². The largest absolute Gasteiger partial charge is 0.459 e. The van der Waals surface area contributed by atoms with Crippen molar-refractivity contribution in [2.45, 2.75) is 57.9 Å². The van der Waals surface area contributed by atoms with Gasteiger partial charge in [-0.25, -0.2) is 13.6 Å². The number of likely N-dealkylation sites (tertiary alicyclic amines) is 1. The van der Waals surface area contributed by atoms with Gasteiger partial charge < -0.3 is 19.6 Å². The number of amides is 1. The maximum absolute atomic E-state index is 13.6. The molecule has 1 amide bonds. The second-order valence-corrected chi connectivity index (χ2v) is 11.6. The van der Waals surface area contributed by atoms with Crippen molar-refractivity contribution < 1.29 is 27.8 Å². The Bertz CT molecular complexity index is 1620. The first-order valence-electron chi connectivity index (χ1n) is 13.8. The number of piperidine rings is 1. The van der Waals surface area contributed by atoms with Crippen molar-refractivity contribution in [2.24, 2.45) is 0 Å². The molecule has 2 N–H and O–H groups in total. The van der Waals surface area contributed by atoms with Crippen LogP contribution in [0, 0.1) is 11.3 Å². The lowest BCUT2D eigenvalue weighted by atomic mass is 9.95. The fourth-order valence-corrected chi connectivity index (χ4v) is 5.06. The molecule has 42 heavy (non-hydrogen) atoms. The number of nitrogens with one attached hydrogen (secondary N) is 1. The number of rotatable bonds is 6. The van der Waals surface area contributed by atoms with E-state index in [0.29, 0.717) is 22.5 Å². The highest BCUT2D eigenvalue weighted by Crippen LogP contribution is 2.37. The first kappa shape index (κ1) is 29.2. The Hall–Kier alpha value is -4.26. The Morgan fingerprint density at radius 2 is 1.79 bits per heavy atom. The van der Waals surface area contributed by atoms with Gasteiger partial charge in [0.2, 0.25) is 0 Å². The van der Waals surface area contributed by atoms with E-state index in [1.54, 1.807) is 49.9 Å². The molecule has 0 spiro atoms. The van der Waals surface area contributed by atoms with E-state index >= 15 is 0 Å². The van der Waals surface area contributed by atoms with Crippen LogP contribution in [-0.4, -0.2) is 40.7 Å². The van der Waals surface area contributed by atoms with Crippen LogP contribution >= 0.6 is 0 Å². The number of nitrogens with zero attached hydrogens (tertiary/aromatic N) is 2. The number of benzene rings is 3. The Morgan fingerprint density at radius 3 is 2.45 bits per heavy atom. The summed E-state index contributed by atoms with van der Waals surface area (Å²) >= 11 is 0. The minimum absolute atomic E-state index is 0.128. The summed E-state index contributed by atoms with van der Waals surface area (Å²) in [5, 5.41) is 23.8. The molecule has 1 aliphatic rings. The average Bonchev–Trinajstić information content (AvgIpc) is 3.37. The quantitative estimate of drug-likeness (QED) is 0.250. The standard InChI is InChI=1S/C33H33F2N3O4/c1-32(2,3)42-31(40)37-20-27-17-26-16-25(18-28(29(26)41-27)24-6-4-5-21(15-24)19-36)22-7-9-23(10-8-22)30(39)38-13-11-33(34,35)12-14-38/h4-10,15-18,30,39H,11-14,20H2,1-3H3,(H,37,40). The number of alkyl halides is 2. The lowest BCUT2D eigenvalue weighted by Crippen LogP contribution is -2.41. The number of alkyl carbamates (subject to hydrolysis) is 1. The van der Waals surface area contributed by atoms with Crippen LogP contribution < -0.4 is 5.32 Å². The average molecular weight is 574 g/mol. The number of carbonyl (C=O) groups excluding carboxylic acids is 1. The summed E-state index contributed by atoms with van der Waals surface area (Å²) < 4.78 is 38.7. The second kappa shape index (κ2) is 11.6. The molecule has 0 bridgehead atoms. The number of nitriles is 1. The molecule has 3 aromatic carbocycles. The van der Waals surface area contributed by atoms with E-state index in [2.05, 4.69) is 11.4 Å². The number of hydrogen-bond acceptors (Lipinski definition) is 6. The topological polar surface area (TPSA) is 98.7 Å². The van der Waals surface area contributed by atoms with Crippen molar-refractivity contribution in [2.75, 3.05) is 13.1 Å². The first-order valence-corrected chi connectivity index (χ1v) is 13.8. The van der Waals surface area contributed by atoms with Gasteiger partial charge in [-0.05, 0) is 73.4 Å². The van der Waals surface area contributed by atoms with E-state index < -0.39 is 23.8 Å². The Kier molecular flexibility index (Phi) is 8.04. The molecule has 1 saturated heterocycles. The molecule has 9 heteroatoms. The summed E-state index contributed by atoms with van der Waals surface area (Å²) in [7, 11) is 0. The number of aliphatic hydroxyl groups excluding tert-OH is 1. The lowest BCUT2D eigenvalue weighted by Gasteiger charge is -2.35. The van der Waals surface area contributed by atoms with Crippen LogP contribution in [0.15, 0.2) is 71.1 Å². The zero-order valence-electron chi connectivity index (χ0n) is 23.8. The molecular formula is C33H33F2N3O4. The molecule has 0 saturated carbocycles. The normalized spacial score (nSPS) is 16.1. The van der Waals surface area contributed by atoms with Crippen molar-refractivity contribution in [1.29, 1.82) is 5.26 Å². The van der Waals surface area contributed by atoms with Gasteiger partial charge in [0.1, 0.15) is 23.2 Å². The fourth-order valence-electron chi connectivity index (χ4n) is 5.06. The Balaban J connectivity index is 1.46. The van der Waals surface area contributed by atoms with E-state index in [9.17, 15) is 23.9 Å². The van der Waals surface area contributed by atoms with Crippen LogP contribution in [-0.2, 0) is 11.3 Å². The van der Waals surface area contributed by atoms with Gasteiger partial charge in [0.15, 0.2) is 0 Å². The zero-order chi connectivity index (χ0) is 30.1. The number of halogens is 2. The third-order valence-electron chi connectivity index (χ3n) is 7.19. The summed E-state index contributed by atoms with van der Waals surface area (Å²) in [4.78, 5) is 13.9. The van der Waals surface area contributed by atoms with Crippen molar-refractivity contribution in [3.05, 3.63) is 83.6 Å². The van der Waals surface area contributed by atoms with E-state index in [-0.39, 0.29) is 32.5 Å². The summed E-state index contributed by atoms with van der Waals surface area (Å²) in [6, 6.07) is 22.6. The van der Waals surface area contributed by atoms with Crippen LogP contribution in [0.3, 0.4) is 0 Å². The van der Waals surface area contributed by atoms with Crippen LogP contribution in [0.4, 0.5) is 13.6 Å². The summed E-state index contributed by atoms with van der Waals surface area (Å²) in [6.45, 7) is 5.76. The van der Waals surface area contributed by atoms with Gasteiger partial charge in [-0.3, -0.25) is 4.90 Å². The molecule has 5 rings (SSSR count). The number of carbonyl (C=O) groups is 1. The summed E-state index contributed by atoms with van der Waals surface area (Å²) in [5.41, 5.74) is 4.47. The van der Waals surface area contributed by atoms with Crippen LogP contribution in [0.2, 0.25) is 0 Å². The molecule has 7 nitrogen and oxygen atoms in total. The third-order valence-corrected chi connectivity index (χ3v) is 7.19. The predicted molar refractivity (Wildman–Crippen MR) is 156 cm³/mol. The van der Waals surface area contributed by atoms with E-state index in [1.165, 1.54) is 0 Å². The highest BCUT2D eigenvalue weighted by molar-refractivity contribution is 5.97. The van der Waals surface area contributed by atoms with Gasteiger partial charge >= 0.3 is 6.09 Å². The molecule has 0 radical (unpaired) electrons. The highest BCUT2D eigenvalue weighted by atomic mass is 19.3. The molecule has 1 aliphatic heterocycles. The maximum Gasteiger partial charge on any atom is 0.408 e. The first-order chi connectivity index (χ1) is 19.9. The van der Waals surface area contributed by atoms with Crippen LogP contribution in [0.1, 0.15) is 56.7 Å². The predicted octanol–water partition coefficient (Wildman–Crippen LogP) is 7.39. The Labute approximate surface area is 243 Å². The van der Waals surface area contributed by atoms with Gasteiger partial charge in [-0.2, -0.15) is 5.26 Å². The number of hydrogen-bond donors (Lipinski definition) is 2. The third kappa shape index (κ3) is 6.78. The fraction of sp³-hybridized carbons (Fsp3) is 0.333. The second-order valence-electron chi connectivity index (χ2n) is 11.6. The smallest absolute Gasteiger partial charge is 0.408 e. The van der Waals surface area contributed by atoms with Crippen LogP contribution in [0.5, 0.6) is 0 Å². The van der Waals surface area contributed by atoms with Crippen molar-refractivity contribution in [1.82, 2.24) is 10.2 Å². The van der Waals surface area contributed by atoms with Gasteiger partial charge in [0.05, 0.1) is 18.2 Å². The Morgan fingerprint density at radius 1 is 1.07 bits per heavy atom. The molecule has 1 fully saturated rings. The SMILES string of the molecule is CC(C)(C)OC(=O)NCc1cc2cc(-c3ccc(C(O)N4CCC(F)(F)CC4)cc3)cc(-c3cccc(C#N)c3)c2o1. The monoisotopic (exact) mass is 573 g/mol. The number of furan rings is 1. The van der Waals surface area contributed by atoms with Crippen molar-refractivity contribution in [3.8, 4) is 28.3 Å². The minimum Gasteiger partial charge on any atom is -0.459 e. The molecule has 0 aliphatic carbocycles. The minimum atomic E-state index is -2.68. The van der Waals surface area contributed by atoms with Crippen LogP contribution in [0.25, 0.3) is 33.2 Å². The van der Waals surface area contributed by atoms with Gasteiger partial charge in [0.25, 0.3) is 5.92 Å². The summed E-state index contributed by atoms with van der Waals surface area (Å²) in [5.74, 6) is -2.14. The van der Waals surface area contributed by atoms with Gasteiger partial charge in [-0.15, -0.1) is 0 Å². The van der Waals surface area contributed by atoms with Gasteiger partial charge in [-0.1, -0.05) is 36.4 Å². The molecule has 4 aromatic rings. The van der Waals surface area contributed by atoms with E-state index in [4.69, 9.17) is 9.15 Å². The number of ether oxygens (including phenoxy) is 1. The lowest BCUT2D eigenvalue weighted by molar-refractivity contribution is -0.0961. The number of aliphatic hydroxyl groups is 1. The molecule has 1 aromatic heterocycles. The van der Waals surface area contributed by atoms with Gasteiger partial charge in [0, 0.05) is 36.9 Å². The molecule has 218 valence electrons. The van der Waals surface area contributed by atoms with Crippen molar-refractivity contribution >= 4 is 17.1 Å². The highest BCUT2D eigenvalue weighted by Gasteiger charge is 2.36. The summed E-state index contributed by atoms with van der Waals surface area (Å²) in [6.07, 6.45) is -2.04. The maximum atomic E-state index is 13.6.